The molecule has 0 aliphatic carbocycles. The van der Waals surface area contributed by atoms with Crippen LogP contribution in [0.1, 0.15) is 65.0 Å². The van der Waals surface area contributed by atoms with E-state index in [4.69, 9.17) is 9.47 Å². The Labute approximate surface area is 177 Å². The van der Waals surface area contributed by atoms with Crippen molar-refractivity contribution >= 4 is 45.9 Å². The molecule has 2 N–H and O–H groups in total. The molecule has 9 nitrogen and oxygen atoms in total. The van der Waals surface area contributed by atoms with E-state index in [1.807, 2.05) is 13.8 Å². The SMILES string of the molecule is CCOC(=O)c1sc(NC(=O)CSc2n[nH]c(C(C)C)n2)c(C(=O)OCC)c1C. The second-order valence-electron chi connectivity index (χ2n) is 6.20. The lowest BCUT2D eigenvalue weighted by molar-refractivity contribution is -0.113. The lowest BCUT2D eigenvalue weighted by atomic mass is 10.1. The van der Waals surface area contributed by atoms with E-state index in [9.17, 15) is 14.4 Å². The number of rotatable bonds is 9. The predicted molar refractivity (Wildman–Crippen MR) is 111 cm³/mol. The summed E-state index contributed by atoms with van der Waals surface area (Å²) in [4.78, 5) is 41.5. The van der Waals surface area contributed by atoms with Gasteiger partial charge >= 0.3 is 11.9 Å². The van der Waals surface area contributed by atoms with E-state index < -0.39 is 11.9 Å². The Bertz CT molecular complexity index is 891. The van der Waals surface area contributed by atoms with Crippen LogP contribution in [0.3, 0.4) is 0 Å². The van der Waals surface area contributed by atoms with Gasteiger partial charge < -0.3 is 14.8 Å². The fourth-order valence-corrected chi connectivity index (χ4v) is 4.03. The molecule has 0 atom stereocenters. The van der Waals surface area contributed by atoms with Crippen molar-refractivity contribution in [2.24, 2.45) is 0 Å². The van der Waals surface area contributed by atoms with Gasteiger partial charge in [0.25, 0.3) is 0 Å². The van der Waals surface area contributed by atoms with Gasteiger partial charge in [0.1, 0.15) is 15.7 Å². The van der Waals surface area contributed by atoms with Crippen molar-refractivity contribution in [2.45, 2.75) is 45.7 Å². The van der Waals surface area contributed by atoms with Crippen molar-refractivity contribution in [1.29, 1.82) is 0 Å². The molecule has 29 heavy (non-hydrogen) atoms. The van der Waals surface area contributed by atoms with E-state index in [0.717, 1.165) is 17.2 Å². The minimum Gasteiger partial charge on any atom is -0.462 e. The molecule has 0 aliphatic rings. The van der Waals surface area contributed by atoms with E-state index in [2.05, 4.69) is 20.5 Å². The highest BCUT2D eigenvalue weighted by Gasteiger charge is 2.27. The first-order valence-electron chi connectivity index (χ1n) is 9.10. The number of carbonyl (C=O) groups is 3. The molecule has 2 rings (SSSR count). The molecule has 0 bridgehead atoms. The van der Waals surface area contributed by atoms with Crippen LogP contribution >= 0.6 is 23.1 Å². The van der Waals surface area contributed by atoms with Gasteiger partial charge in [0, 0.05) is 5.92 Å². The number of nitrogens with one attached hydrogen (secondary N) is 2. The smallest absolute Gasteiger partial charge is 0.348 e. The Morgan fingerprint density at radius 1 is 1.17 bits per heavy atom. The average Bonchev–Trinajstić information content (AvgIpc) is 3.25. The lowest BCUT2D eigenvalue weighted by Crippen LogP contribution is -2.16. The van der Waals surface area contributed by atoms with Crippen molar-refractivity contribution in [3.05, 3.63) is 21.8 Å². The minimum atomic E-state index is -0.602. The Morgan fingerprint density at radius 3 is 2.41 bits per heavy atom. The van der Waals surface area contributed by atoms with Crippen LogP contribution < -0.4 is 5.32 Å². The van der Waals surface area contributed by atoms with Gasteiger partial charge in [-0.05, 0) is 26.3 Å². The Kier molecular flexibility index (Phi) is 8.21. The van der Waals surface area contributed by atoms with Gasteiger partial charge in [0.05, 0.1) is 24.5 Å². The Hall–Kier alpha value is -2.40. The second-order valence-corrected chi connectivity index (χ2v) is 8.16. The molecule has 0 saturated carbocycles. The van der Waals surface area contributed by atoms with Crippen LogP contribution in [0, 0.1) is 6.92 Å². The summed E-state index contributed by atoms with van der Waals surface area (Å²) in [5.74, 6) is -0.511. The molecule has 0 spiro atoms. The number of amides is 1. The maximum absolute atomic E-state index is 12.4. The van der Waals surface area contributed by atoms with Crippen LogP contribution in [0.4, 0.5) is 5.00 Å². The van der Waals surface area contributed by atoms with Gasteiger partial charge in [-0.2, -0.15) is 0 Å². The summed E-state index contributed by atoms with van der Waals surface area (Å²) in [6, 6.07) is 0. The summed E-state index contributed by atoms with van der Waals surface area (Å²) in [5.41, 5.74) is 0.587. The summed E-state index contributed by atoms with van der Waals surface area (Å²) >= 11 is 2.16. The van der Waals surface area contributed by atoms with Gasteiger partial charge in [-0.25, -0.2) is 14.6 Å². The number of esters is 2. The van der Waals surface area contributed by atoms with Crippen molar-refractivity contribution in [1.82, 2.24) is 15.2 Å². The average molecular weight is 441 g/mol. The van der Waals surface area contributed by atoms with Crippen LogP contribution in [0.2, 0.25) is 0 Å². The van der Waals surface area contributed by atoms with Crippen molar-refractivity contribution < 1.29 is 23.9 Å². The summed E-state index contributed by atoms with van der Waals surface area (Å²) in [6.07, 6.45) is 0. The number of anilines is 1. The molecule has 0 aromatic carbocycles. The number of hydrogen-bond donors (Lipinski definition) is 2. The van der Waals surface area contributed by atoms with E-state index in [1.54, 1.807) is 20.8 Å². The van der Waals surface area contributed by atoms with Crippen molar-refractivity contribution in [2.75, 3.05) is 24.3 Å². The number of thiophene rings is 1. The fourth-order valence-electron chi connectivity index (χ4n) is 2.32. The highest BCUT2D eigenvalue weighted by Crippen LogP contribution is 2.34. The maximum atomic E-state index is 12.4. The summed E-state index contributed by atoms with van der Waals surface area (Å²) < 4.78 is 10.1. The highest BCUT2D eigenvalue weighted by molar-refractivity contribution is 7.99. The number of ether oxygens (including phenoxy) is 2. The predicted octanol–water partition coefficient (Wildman–Crippen LogP) is 3.38. The van der Waals surface area contributed by atoms with Crippen molar-refractivity contribution in [3.8, 4) is 0 Å². The third-order valence-corrected chi connectivity index (χ3v) is 5.74. The third kappa shape index (κ3) is 5.80. The Morgan fingerprint density at radius 2 is 1.83 bits per heavy atom. The molecule has 2 heterocycles. The van der Waals surface area contributed by atoms with Crippen LogP contribution in [0.5, 0.6) is 0 Å². The van der Waals surface area contributed by atoms with Crippen LogP contribution in [0.15, 0.2) is 5.16 Å². The number of aromatic amines is 1. The van der Waals surface area contributed by atoms with Crippen LogP contribution in [-0.4, -0.2) is 52.0 Å². The van der Waals surface area contributed by atoms with Crippen LogP contribution in [-0.2, 0) is 14.3 Å². The molecule has 2 aromatic rings. The molecule has 0 saturated heterocycles. The van der Waals surface area contributed by atoms with E-state index >= 15 is 0 Å². The molecule has 0 fully saturated rings. The zero-order valence-electron chi connectivity index (χ0n) is 17.0. The summed E-state index contributed by atoms with van der Waals surface area (Å²) in [5, 5.41) is 10.3. The molecule has 0 unspecified atom stereocenters. The normalized spacial score (nSPS) is 10.8. The van der Waals surface area contributed by atoms with Crippen LogP contribution in [0.25, 0.3) is 0 Å². The van der Waals surface area contributed by atoms with Gasteiger partial charge in [-0.3, -0.25) is 9.89 Å². The number of aromatic nitrogens is 3. The first kappa shape index (κ1) is 22.9. The van der Waals surface area contributed by atoms with Gasteiger partial charge in [-0.15, -0.1) is 16.4 Å². The third-order valence-electron chi connectivity index (χ3n) is 3.70. The Balaban J connectivity index is 2.16. The number of carbonyl (C=O) groups excluding carboxylic acids is 3. The zero-order valence-corrected chi connectivity index (χ0v) is 18.6. The largest absolute Gasteiger partial charge is 0.462 e. The monoisotopic (exact) mass is 440 g/mol. The van der Waals surface area contributed by atoms with Gasteiger partial charge in [-0.1, -0.05) is 25.6 Å². The molecule has 2 aromatic heterocycles. The van der Waals surface area contributed by atoms with Gasteiger partial charge in [0.2, 0.25) is 11.1 Å². The minimum absolute atomic E-state index is 0.0450. The standard InChI is InChI=1S/C18H24N4O5S2/c1-6-26-16(24)12-10(5)13(17(25)27-7-2)29-15(12)19-11(23)8-28-18-20-14(9(3)4)21-22-18/h9H,6-8H2,1-5H3,(H,19,23)(H,20,21,22). The van der Waals surface area contributed by atoms with Gasteiger partial charge in [0.15, 0.2) is 0 Å². The maximum Gasteiger partial charge on any atom is 0.348 e. The first-order chi connectivity index (χ1) is 13.8. The topological polar surface area (TPSA) is 123 Å². The first-order valence-corrected chi connectivity index (χ1v) is 10.9. The van der Waals surface area contributed by atoms with E-state index in [-0.39, 0.29) is 46.2 Å². The summed E-state index contributed by atoms with van der Waals surface area (Å²) in [6.45, 7) is 9.36. The number of H-pyrrole nitrogens is 1. The molecular weight excluding hydrogens is 416 g/mol. The zero-order chi connectivity index (χ0) is 21.6. The second kappa shape index (κ2) is 10.4. The lowest BCUT2D eigenvalue weighted by Gasteiger charge is -2.06. The number of thioether (sulfide) groups is 1. The van der Waals surface area contributed by atoms with E-state index in [0.29, 0.717) is 10.7 Å². The number of hydrogen-bond acceptors (Lipinski definition) is 9. The highest BCUT2D eigenvalue weighted by atomic mass is 32.2. The van der Waals surface area contributed by atoms with Crippen molar-refractivity contribution in [3.63, 3.8) is 0 Å². The quantitative estimate of drug-likeness (QED) is 0.449. The van der Waals surface area contributed by atoms with E-state index in [1.165, 1.54) is 11.8 Å². The summed E-state index contributed by atoms with van der Waals surface area (Å²) in [7, 11) is 0. The number of nitrogens with zero attached hydrogens (tertiary/aromatic N) is 2. The molecule has 0 radical (unpaired) electrons. The molecule has 1 amide bonds. The fraction of sp³-hybridized carbons (Fsp3) is 0.500. The molecule has 158 valence electrons. The molecule has 0 aliphatic heterocycles. The molecular formula is C18H24N4O5S2. The molecule has 11 heteroatoms.